The zero-order chi connectivity index (χ0) is 18.5. The van der Waals surface area contributed by atoms with E-state index in [1.807, 2.05) is 38.1 Å². The molecule has 3 aliphatic heterocycles. The number of amides is 1. The van der Waals surface area contributed by atoms with Crippen molar-refractivity contribution in [2.24, 2.45) is 5.92 Å². The van der Waals surface area contributed by atoms with Gasteiger partial charge < -0.3 is 10.1 Å². The predicted molar refractivity (Wildman–Crippen MR) is 107 cm³/mol. The van der Waals surface area contributed by atoms with E-state index in [0.717, 1.165) is 33.8 Å². The van der Waals surface area contributed by atoms with Crippen molar-refractivity contribution in [3.63, 3.8) is 0 Å². The van der Waals surface area contributed by atoms with Gasteiger partial charge in [-0.15, -0.1) is 11.3 Å². The molecule has 1 aromatic carbocycles. The van der Waals surface area contributed by atoms with Crippen molar-refractivity contribution in [3.05, 3.63) is 29.1 Å². The minimum atomic E-state index is 0.0335. The summed E-state index contributed by atoms with van der Waals surface area (Å²) in [5.74, 6) is 1.52. The molecule has 26 heavy (non-hydrogen) atoms. The fourth-order valence-corrected chi connectivity index (χ4v) is 5.55. The van der Waals surface area contributed by atoms with Crippen molar-refractivity contribution in [2.75, 3.05) is 13.1 Å². The van der Waals surface area contributed by atoms with Gasteiger partial charge in [-0.05, 0) is 89.2 Å². The van der Waals surface area contributed by atoms with Gasteiger partial charge in [-0.1, -0.05) is 0 Å². The molecule has 1 atom stereocenters. The van der Waals surface area contributed by atoms with E-state index in [4.69, 9.17) is 4.74 Å². The van der Waals surface area contributed by atoms with Crippen LogP contribution >= 0.6 is 11.3 Å². The average molecular weight is 373 g/mol. The summed E-state index contributed by atoms with van der Waals surface area (Å²) in [4.78, 5) is 16.3. The number of carbonyl (C=O) groups excluding carboxylic acids is 1. The smallest absolute Gasteiger partial charge is 0.261 e. The molecule has 2 aromatic rings. The third-order valence-electron chi connectivity index (χ3n) is 5.96. The maximum atomic E-state index is 13.0. The first kappa shape index (κ1) is 17.8. The molecule has 0 unspecified atom stereocenters. The summed E-state index contributed by atoms with van der Waals surface area (Å²) in [7, 11) is 0. The van der Waals surface area contributed by atoms with Crippen LogP contribution in [0.1, 0.15) is 50.2 Å². The van der Waals surface area contributed by atoms with Gasteiger partial charge in [0.05, 0.1) is 11.0 Å². The molecule has 5 heteroatoms. The number of hydrogen-bond donors (Lipinski definition) is 1. The molecule has 0 radical (unpaired) electrons. The lowest BCUT2D eigenvalue weighted by Gasteiger charge is -2.56. The monoisotopic (exact) mass is 372 g/mol. The Balaban J connectivity index is 1.54. The van der Waals surface area contributed by atoms with Crippen LogP contribution in [-0.2, 0) is 0 Å². The molecule has 1 amide bonds. The Morgan fingerprint density at radius 3 is 2.65 bits per heavy atom. The maximum absolute atomic E-state index is 13.0. The fourth-order valence-electron chi connectivity index (χ4n) is 4.56. The van der Waals surface area contributed by atoms with Crippen molar-refractivity contribution in [1.82, 2.24) is 10.2 Å². The van der Waals surface area contributed by atoms with Gasteiger partial charge in [0.15, 0.2) is 0 Å². The largest absolute Gasteiger partial charge is 0.491 e. The van der Waals surface area contributed by atoms with Gasteiger partial charge in [-0.25, -0.2) is 0 Å². The molecule has 3 saturated heterocycles. The molecule has 1 aromatic heterocycles. The highest BCUT2D eigenvalue weighted by molar-refractivity contribution is 7.20. The van der Waals surface area contributed by atoms with Gasteiger partial charge in [0, 0.05) is 16.3 Å². The molecule has 0 aliphatic carbocycles. The number of carbonyl (C=O) groups is 1. The van der Waals surface area contributed by atoms with Gasteiger partial charge in [-0.3, -0.25) is 9.69 Å². The van der Waals surface area contributed by atoms with Crippen molar-refractivity contribution in [3.8, 4) is 5.75 Å². The first-order valence-corrected chi connectivity index (χ1v) is 10.4. The Morgan fingerprint density at radius 2 is 2.00 bits per heavy atom. The summed E-state index contributed by atoms with van der Waals surface area (Å²) in [5, 5.41) is 4.46. The zero-order valence-electron chi connectivity index (χ0n) is 16.0. The Hall–Kier alpha value is -1.59. The average Bonchev–Trinajstić information content (AvgIpc) is 3.01. The van der Waals surface area contributed by atoms with Crippen LogP contribution in [0.15, 0.2) is 24.3 Å². The zero-order valence-corrected chi connectivity index (χ0v) is 16.9. The third kappa shape index (κ3) is 3.12. The Bertz CT molecular complexity index is 819. The number of nitrogens with one attached hydrogen (secondary N) is 1. The molecule has 4 heterocycles. The second kappa shape index (κ2) is 6.54. The maximum Gasteiger partial charge on any atom is 0.261 e. The van der Waals surface area contributed by atoms with Gasteiger partial charge in [0.1, 0.15) is 5.75 Å². The van der Waals surface area contributed by atoms with Crippen LogP contribution in [0.2, 0.25) is 0 Å². The SMILES string of the molecule is CC(C)Oc1ccc2cc(C(=O)N[C@H]3C4CCN(CC4)C3(C)C)sc2c1. The first-order valence-electron chi connectivity index (χ1n) is 9.61. The molecular formula is C21H28N2O2S. The number of hydrogen-bond acceptors (Lipinski definition) is 4. The Kier molecular flexibility index (Phi) is 4.48. The van der Waals surface area contributed by atoms with E-state index in [-0.39, 0.29) is 23.6 Å². The van der Waals surface area contributed by atoms with Crippen LogP contribution in [0, 0.1) is 5.92 Å². The molecule has 2 bridgehead atoms. The van der Waals surface area contributed by atoms with E-state index in [0.29, 0.717) is 5.92 Å². The predicted octanol–water partition coefficient (Wildman–Crippen LogP) is 4.29. The van der Waals surface area contributed by atoms with Crippen molar-refractivity contribution < 1.29 is 9.53 Å². The number of fused-ring (bicyclic) bond motifs is 4. The van der Waals surface area contributed by atoms with Crippen LogP contribution in [0.3, 0.4) is 0 Å². The number of nitrogens with zero attached hydrogens (tertiary/aromatic N) is 1. The number of rotatable bonds is 4. The summed E-state index contributed by atoms with van der Waals surface area (Å²) in [6.07, 6.45) is 2.53. The highest BCUT2D eigenvalue weighted by Crippen LogP contribution is 2.39. The van der Waals surface area contributed by atoms with Crippen molar-refractivity contribution in [2.45, 2.75) is 58.2 Å². The van der Waals surface area contributed by atoms with E-state index in [1.165, 1.54) is 12.8 Å². The van der Waals surface area contributed by atoms with Crippen LogP contribution in [0.5, 0.6) is 5.75 Å². The normalized spacial score (nSPS) is 27.0. The van der Waals surface area contributed by atoms with E-state index in [1.54, 1.807) is 11.3 Å². The minimum absolute atomic E-state index is 0.0335. The summed E-state index contributed by atoms with van der Waals surface area (Å²) in [6, 6.07) is 8.28. The van der Waals surface area contributed by atoms with Crippen molar-refractivity contribution in [1.29, 1.82) is 0 Å². The summed E-state index contributed by atoms with van der Waals surface area (Å²) < 4.78 is 6.87. The van der Waals surface area contributed by atoms with Crippen LogP contribution in [0.4, 0.5) is 0 Å². The first-order chi connectivity index (χ1) is 12.3. The topological polar surface area (TPSA) is 41.6 Å². The quantitative estimate of drug-likeness (QED) is 0.870. The second-order valence-electron chi connectivity index (χ2n) is 8.41. The third-order valence-corrected chi connectivity index (χ3v) is 7.06. The molecule has 0 saturated carbocycles. The molecular weight excluding hydrogens is 344 g/mol. The number of piperidine rings is 3. The van der Waals surface area contributed by atoms with Gasteiger partial charge in [0.2, 0.25) is 0 Å². The number of thiophene rings is 1. The summed E-state index contributed by atoms with van der Waals surface area (Å²) in [6.45, 7) is 10.9. The highest BCUT2D eigenvalue weighted by Gasteiger charge is 2.48. The van der Waals surface area contributed by atoms with Gasteiger partial charge in [-0.2, -0.15) is 0 Å². The van der Waals surface area contributed by atoms with Crippen LogP contribution in [0.25, 0.3) is 10.1 Å². The van der Waals surface area contributed by atoms with E-state index in [9.17, 15) is 4.79 Å². The standard InChI is InChI=1S/C21H28N2O2S/c1-13(2)25-16-6-5-15-11-18(26-17(15)12-16)20(24)22-19-14-7-9-23(10-8-14)21(19,3)4/h5-6,11-14,19H,7-10H2,1-4H3,(H,22,24)/t19-/m0/s1. The molecule has 5 rings (SSSR count). The van der Waals surface area contributed by atoms with Crippen molar-refractivity contribution >= 4 is 27.3 Å². The Morgan fingerprint density at radius 1 is 1.27 bits per heavy atom. The molecule has 140 valence electrons. The fraction of sp³-hybridized carbons (Fsp3) is 0.571. The summed E-state index contributed by atoms with van der Waals surface area (Å²) in [5.41, 5.74) is 0.0335. The minimum Gasteiger partial charge on any atom is -0.491 e. The number of ether oxygens (including phenoxy) is 1. The second-order valence-corrected chi connectivity index (χ2v) is 9.49. The van der Waals surface area contributed by atoms with E-state index >= 15 is 0 Å². The molecule has 3 aliphatic rings. The Labute approximate surface area is 159 Å². The molecule has 4 nitrogen and oxygen atoms in total. The molecule has 0 spiro atoms. The number of benzene rings is 1. The van der Waals surface area contributed by atoms with Crippen LogP contribution in [-0.4, -0.2) is 41.6 Å². The lowest BCUT2D eigenvalue weighted by molar-refractivity contribution is -0.0377. The van der Waals surface area contributed by atoms with E-state index < -0.39 is 0 Å². The van der Waals surface area contributed by atoms with Gasteiger partial charge in [0.25, 0.3) is 5.91 Å². The van der Waals surface area contributed by atoms with Crippen LogP contribution < -0.4 is 10.1 Å². The highest BCUT2D eigenvalue weighted by atomic mass is 32.1. The molecule has 1 N–H and O–H groups in total. The van der Waals surface area contributed by atoms with Gasteiger partial charge >= 0.3 is 0 Å². The lowest BCUT2D eigenvalue weighted by atomic mass is 9.72. The molecule has 3 fully saturated rings. The van der Waals surface area contributed by atoms with E-state index in [2.05, 4.69) is 24.1 Å². The summed E-state index contributed by atoms with van der Waals surface area (Å²) >= 11 is 1.55. The lowest BCUT2D eigenvalue weighted by Crippen LogP contribution is -2.69.